The van der Waals surface area contributed by atoms with Gasteiger partial charge in [0.05, 0.1) is 23.2 Å². The summed E-state index contributed by atoms with van der Waals surface area (Å²) in [6.07, 6.45) is 4.21. The van der Waals surface area contributed by atoms with Gasteiger partial charge in [-0.15, -0.1) is 5.10 Å². The number of aromatic amines is 1. The molecule has 1 atom stereocenters. The lowest BCUT2D eigenvalue weighted by Crippen LogP contribution is -2.42. The average molecular weight is 383 g/mol. The molecule has 0 aromatic carbocycles. The van der Waals surface area contributed by atoms with E-state index in [-0.39, 0.29) is 17.0 Å². The van der Waals surface area contributed by atoms with E-state index >= 15 is 0 Å². The molecule has 136 valence electrons. The molecule has 0 radical (unpaired) electrons. The molecule has 4 aromatic rings. The number of aryl methyl sites for hydroxylation is 1. The van der Waals surface area contributed by atoms with Crippen molar-refractivity contribution in [1.82, 2.24) is 39.2 Å². The molecule has 9 nitrogen and oxygen atoms in total. The predicted octanol–water partition coefficient (Wildman–Crippen LogP) is 1.63. The zero-order valence-electron chi connectivity index (χ0n) is 14.4. The molecule has 4 aromatic heterocycles. The van der Waals surface area contributed by atoms with Gasteiger partial charge in [0, 0.05) is 31.9 Å². The summed E-state index contributed by atoms with van der Waals surface area (Å²) in [5.41, 5.74) is 3.50. The highest BCUT2D eigenvalue weighted by molar-refractivity contribution is 6.28. The van der Waals surface area contributed by atoms with Crippen LogP contribution in [0.15, 0.2) is 36.8 Å². The molecule has 0 aliphatic carbocycles. The molecule has 1 aliphatic heterocycles. The summed E-state index contributed by atoms with van der Waals surface area (Å²) >= 11 is 5.87. The van der Waals surface area contributed by atoms with Gasteiger partial charge in [-0.2, -0.15) is 10.1 Å². The van der Waals surface area contributed by atoms with E-state index in [4.69, 9.17) is 11.6 Å². The van der Waals surface area contributed by atoms with Crippen molar-refractivity contribution in [1.29, 1.82) is 0 Å². The smallest absolute Gasteiger partial charge is 0.292 e. The first-order valence-corrected chi connectivity index (χ1v) is 8.83. The zero-order chi connectivity index (χ0) is 18.5. The Labute approximate surface area is 158 Å². The lowest BCUT2D eigenvalue weighted by molar-refractivity contribution is 0.0669. The molecule has 0 saturated heterocycles. The monoisotopic (exact) mass is 382 g/mol. The number of hydrogen-bond donors (Lipinski definition) is 1. The van der Waals surface area contributed by atoms with E-state index < -0.39 is 6.04 Å². The molecular formula is C17H15ClN8O. The van der Waals surface area contributed by atoms with Crippen LogP contribution in [0, 0.1) is 0 Å². The molecule has 0 bridgehead atoms. The normalized spacial score (nSPS) is 16.7. The third-order valence-electron chi connectivity index (χ3n) is 4.78. The quantitative estimate of drug-likeness (QED) is 0.568. The molecule has 0 fully saturated rings. The molecule has 1 aliphatic rings. The van der Waals surface area contributed by atoms with E-state index in [2.05, 4.69) is 25.1 Å². The summed E-state index contributed by atoms with van der Waals surface area (Å²) in [7, 11) is 1.65. The molecule has 0 spiro atoms. The van der Waals surface area contributed by atoms with E-state index in [0.29, 0.717) is 13.0 Å². The van der Waals surface area contributed by atoms with E-state index in [1.807, 2.05) is 30.5 Å². The van der Waals surface area contributed by atoms with Crippen LogP contribution < -0.4 is 0 Å². The topological polar surface area (TPSA) is 97.0 Å². The maximum Gasteiger partial charge on any atom is 0.292 e. The highest BCUT2D eigenvalue weighted by Crippen LogP contribution is 2.34. The number of hydrogen-bond acceptors (Lipinski definition) is 5. The van der Waals surface area contributed by atoms with Crippen LogP contribution in [-0.2, 0) is 13.5 Å². The largest absolute Gasteiger partial charge is 0.348 e. The Morgan fingerprint density at radius 2 is 2.22 bits per heavy atom. The second-order valence-electron chi connectivity index (χ2n) is 6.38. The number of imidazole rings is 1. The van der Waals surface area contributed by atoms with Crippen molar-refractivity contribution in [3.8, 4) is 0 Å². The first-order chi connectivity index (χ1) is 13.1. The Hall–Kier alpha value is -3.20. The van der Waals surface area contributed by atoms with Crippen LogP contribution in [0.25, 0.3) is 5.52 Å². The highest BCUT2D eigenvalue weighted by Gasteiger charge is 2.37. The highest BCUT2D eigenvalue weighted by atomic mass is 35.5. The average Bonchev–Trinajstić information content (AvgIpc) is 3.37. The van der Waals surface area contributed by atoms with Gasteiger partial charge in [0.1, 0.15) is 6.04 Å². The Kier molecular flexibility index (Phi) is 3.51. The molecule has 0 saturated carbocycles. The van der Waals surface area contributed by atoms with Crippen molar-refractivity contribution in [3.05, 3.63) is 65.0 Å². The number of carbonyl (C=O) groups excluding carboxylic acids is 1. The minimum absolute atomic E-state index is 0.0441. The second-order valence-corrected chi connectivity index (χ2v) is 6.72. The van der Waals surface area contributed by atoms with Crippen molar-refractivity contribution in [3.63, 3.8) is 0 Å². The van der Waals surface area contributed by atoms with Crippen molar-refractivity contribution in [2.75, 3.05) is 6.54 Å². The molecule has 1 N–H and O–H groups in total. The van der Waals surface area contributed by atoms with E-state index in [0.717, 1.165) is 22.6 Å². The minimum Gasteiger partial charge on any atom is -0.348 e. The van der Waals surface area contributed by atoms with Gasteiger partial charge in [0.15, 0.2) is 0 Å². The van der Waals surface area contributed by atoms with Gasteiger partial charge < -0.3 is 9.88 Å². The first-order valence-electron chi connectivity index (χ1n) is 8.46. The van der Waals surface area contributed by atoms with Crippen molar-refractivity contribution in [2.24, 2.45) is 7.05 Å². The Morgan fingerprint density at radius 1 is 1.33 bits per heavy atom. The summed E-state index contributed by atoms with van der Waals surface area (Å²) < 4.78 is 3.18. The molecule has 0 unspecified atom stereocenters. The third kappa shape index (κ3) is 2.50. The van der Waals surface area contributed by atoms with Crippen LogP contribution in [0.2, 0.25) is 5.28 Å². The number of halogens is 1. The molecular weight excluding hydrogens is 368 g/mol. The molecule has 10 heteroatoms. The number of H-pyrrole nitrogens is 1. The summed E-state index contributed by atoms with van der Waals surface area (Å²) in [5.74, 6) is -0.0691. The first kappa shape index (κ1) is 16.0. The Morgan fingerprint density at radius 3 is 3.00 bits per heavy atom. The summed E-state index contributed by atoms with van der Waals surface area (Å²) in [4.78, 5) is 26.7. The van der Waals surface area contributed by atoms with Crippen LogP contribution in [-0.4, -0.2) is 51.7 Å². The lowest BCUT2D eigenvalue weighted by atomic mass is 9.99. The number of nitrogens with zero attached hydrogens (tertiary/aromatic N) is 7. The molecule has 1 amide bonds. The van der Waals surface area contributed by atoms with Crippen LogP contribution in [0.3, 0.4) is 0 Å². The van der Waals surface area contributed by atoms with E-state index in [1.165, 1.54) is 4.68 Å². The molecule has 27 heavy (non-hydrogen) atoms. The fraction of sp³-hybridized carbons (Fsp3) is 0.235. The van der Waals surface area contributed by atoms with Crippen molar-refractivity contribution < 1.29 is 4.79 Å². The Balaban J connectivity index is 1.64. The lowest BCUT2D eigenvalue weighted by Gasteiger charge is -2.33. The fourth-order valence-electron chi connectivity index (χ4n) is 3.55. The number of fused-ring (bicyclic) bond motifs is 2. The van der Waals surface area contributed by atoms with Crippen molar-refractivity contribution >= 4 is 23.0 Å². The summed E-state index contributed by atoms with van der Waals surface area (Å²) in [5, 5.41) is 8.69. The number of nitrogens with one attached hydrogen (secondary N) is 1. The molecule has 5 rings (SSSR count). The van der Waals surface area contributed by atoms with Crippen molar-refractivity contribution in [2.45, 2.75) is 12.5 Å². The van der Waals surface area contributed by atoms with Crippen LogP contribution in [0.1, 0.15) is 33.7 Å². The third-order valence-corrected chi connectivity index (χ3v) is 4.94. The van der Waals surface area contributed by atoms with E-state index in [9.17, 15) is 4.79 Å². The van der Waals surface area contributed by atoms with Gasteiger partial charge in [0.2, 0.25) is 11.1 Å². The minimum atomic E-state index is -0.414. The Bertz CT molecular complexity index is 1130. The van der Waals surface area contributed by atoms with Gasteiger partial charge >= 0.3 is 0 Å². The maximum atomic E-state index is 13.2. The number of rotatable bonds is 2. The maximum absolute atomic E-state index is 13.2. The molecule has 5 heterocycles. The predicted molar refractivity (Wildman–Crippen MR) is 96.4 cm³/mol. The second kappa shape index (κ2) is 5.92. The van der Waals surface area contributed by atoms with Gasteiger partial charge in [-0.05, 0) is 29.8 Å². The van der Waals surface area contributed by atoms with Gasteiger partial charge in [0.25, 0.3) is 5.91 Å². The fourth-order valence-corrected chi connectivity index (χ4v) is 3.75. The standard InChI is InChI=1S/C17H15ClN8O/c1-24-15(21-17(18)23-24)16(27)25-7-5-11-13(20-9-19-11)14(25)12-8-10-4-2-3-6-26(10)22-12/h2-4,6,8-9,14H,5,7H2,1H3,(H,19,20)/t14-/m0/s1. The van der Waals surface area contributed by atoms with Gasteiger partial charge in [-0.1, -0.05) is 6.07 Å². The van der Waals surface area contributed by atoms with Crippen LogP contribution >= 0.6 is 11.6 Å². The number of carbonyl (C=O) groups is 1. The SMILES string of the molecule is Cn1nc(Cl)nc1C(=O)N1CCc2[nH]cnc2[C@@H]1c1cc2ccccn2n1. The number of pyridine rings is 1. The zero-order valence-corrected chi connectivity index (χ0v) is 15.1. The van der Waals surface area contributed by atoms with Crippen LogP contribution in [0.4, 0.5) is 0 Å². The number of amides is 1. The van der Waals surface area contributed by atoms with Gasteiger partial charge in [-0.3, -0.25) is 4.79 Å². The summed E-state index contributed by atoms with van der Waals surface area (Å²) in [6, 6.07) is 7.39. The van der Waals surface area contributed by atoms with E-state index in [1.54, 1.807) is 22.8 Å². The van der Waals surface area contributed by atoms with Gasteiger partial charge in [-0.25, -0.2) is 14.2 Å². The summed E-state index contributed by atoms with van der Waals surface area (Å²) in [6.45, 7) is 0.511. The number of aromatic nitrogens is 7. The van der Waals surface area contributed by atoms with Crippen LogP contribution in [0.5, 0.6) is 0 Å².